The Morgan fingerprint density at radius 1 is 1.35 bits per heavy atom. The molecule has 0 radical (unpaired) electrons. The number of phenols is 1. The first kappa shape index (κ1) is 14.3. The van der Waals surface area contributed by atoms with Gasteiger partial charge in [0.1, 0.15) is 11.8 Å². The summed E-state index contributed by atoms with van der Waals surface area (Å²) in [4.78, 5) is 3.79. The minimum absolute atomic E-state index is 0.00950. The summed E-state index contributed by atoms with van der Waals surface area (Å²) in [6.45, 7) is -0.439. The van der Waals surface area contributed by atoms with Crippen molar-refractivity contribution in [2.45, 2.75) is 12.2 Å². The fourth-order valence-corrected chi connectivity index (χ4v) is 1.48. The second-order valence-corrected chi connectivity index (χ2v) is 3.97. The Labute approximate surface area is 110 Å². The standard InChI is InChI=1S/C11H10F3N3O3/c12-11(13,14)6-3-5(1-2-8(6)19)9-16-10(20-17-9)7(15)4-18/h1-3,7,18-19H,4,15H2/t7-/m1/s1. The smallest absolute Gasteiger partial charge is 0.419 e. The van der Waals surface area contributed by atoms with Crippen molar-refractivity contribution < 1.29 is 27.9 Å². The third-order valence-electron chi connectivity index (χ3n) is 2.52. The number of nitrogens with two attached hydrogens (primary N) is 1. The SMILES string of the molecule is N[C@H](CO)c1nc(-c2ccc(O)c(C(F)(F)F)c2)no1. The summed E-state index contributed by atoms with van der Waals surface area (Å²) in [5, 5.41) is 21.5. The van der Waals surface area contributed by atoms with Crippen molar-refractivity contribution in [1.29, 1.82) is 0 Å². The summed E-state index contributed by atoms with van der Waals surface area (Å²) in [6.07, 6.45) is -4.70. The molecule has 20 heavy (non-hydrogen) atoms. The van der Waals surface area contributed by atoms with Gasteiger partial charge in [-0.15, -0.1) is 0 Å². The molecular formula is C11H10F3N3O3. The first-order valence-electron chi connectivity index (χ1n) is 5.43. The number of aliphatic hydroxyl groups is 1. The number of halogens is 3. The van der Waals surface area contributed by atoms with Crippen LogP contribution >= 0.6 is 0 Å². The Balaban J connectivity index is 2.41. The van der Waals surface area contributed by atoms with E-state index in [1.807, 2.05) is 0 Å². The number of aliphatic hydroxyl groups excluding tert-OH is 1. The maximum absolute atomic E-state index is 12.7. The number of aromatic nitrogens is 2. The molecule has 0 bridgehead atoms. The lowest BCUT2D eigenvalue weighted by Crippen LogP contribution is -2.14. The van der Waals surface area contributed by atoms with Gasteiger partial charge < -0.3 is 20.5 Å². The molecule has 1 aromatic heterocycles. The predicted molar refractivity (Wildman–Crippen MR) is 60.4 cm³/mol. The number of phenolic OH excluding ortho intramolecular Hbond substituents is 1. The quantitative estimate of drug-likeness (QED) is 0.789. The summed E-state index contributed by atoms with van der Waals surface area (Å²) in [5.41, 5.74) is 4.25. The molecule has 2 aromatic rings. The van der Waals surface area contributed by atoms with Crippen LogP contribution in [0.1, 0.15) is 17.5 Å². The normalized spacial score (nSPS) is 13.4. The molecule has 1 atom stereocenters. The highest BCUT2D eigenvalue weighted by Crippen LogP contribution is 2.37. The highest BCUT2D eigenvalue weighted by atomic mass is 19.4. The van der Waals surface area contributed by atoms with Gasteiger partial charge in [0, 0.05) is 5.56 Å². The van der Waals surface area contributed by atoms with Crippen molar-refractivity contribution in [3.63, 3.8) is 0 Å². The van der Waals surface area contributed by atoms with Crippen LogP contribution in [-0.2, 0) is 6.18 Å². The summed E-state index contributed by atoms with van der Waals surface area (Å²) in [5.74, 6) is -1.10. The number of nitrogens with zero attached hydrogens (tertiary/aromatic N) is 2. The molecule has 1 heterocycles. The molecular weight excluding hydrogens is 279 g/mol. The van der Waals surface area contributed by atoms with E-state index >= 15 is 0 Å². The van der Waals surface area contributed by atoms with Crippen molar-refractivity contribution in [3.8, 4) is 17.1 Å². The number of hydrogen-bond acceptors (Lipinski definition) is 6. The molecule has 108 valence electrons. The molecule has 9 heteroatoms. The van der Waals surface area contributed by atoms with E-state index in [9.17, 15) is 18.3 Å². The fraction of sp³-hybridized carbons (Fsp3) is 0.273. The first-order chi connectivity index (χ1) is 9.32. The van der Waals surface area contributed by atoms with Gasteiger partial charge in [-0.1, -0.05) is 5.16 Å². The van der Waals surface area contributed by atoms with Crippen LogP contribution in [0.2, 0.25) is 0 Å². The molecule has 0 aliphatic heterocycles. The number of aromatic hydroxyl groups is 1. The second kappa shape index (κ2) is 5.10. The van der Waals surface area contributed by atoms with Gasteiger partial charge in [-0.2, -0.15) is 18.2 Å². The molecule has 0 aliphatic carbocycles. The average Bonchev–Trinajstić information content (AvgIpc) is 2.86. The lowest BCUT2D eigenvalue weighted by molar-refractivity contribution is -0.138. The molecule has 1 aromatic carbocycles. The van der Waals surface area contributed by atoms with Crippen LogP contribution in [0.5, 0.6) is 5.75 Å². The number of rotatable bonds is 3. The van der Waals surface area contributed by atoms with Gasteiger partial charge in [0.05, 0.1) is 12.2 Å². The van der Waals surface area contributed by atoms with Crippen molar-refractivity contribution >= 4 is 0 Å². The maximum atomic E-state index is 12.7. The topological polar surface area (TPSA) is 105 Å². The van der Waals surface area contributed by atoms with Crippen LogP contribution in [0, 0.1) is 0 Å². The van der Waals surface area contributed by atoms with Crippen molar-refractivity contribution in [3.05, 3.63) is 29.7 Å². The molecule has 0 aliphatic rings. The van der Waals surface area contributed by atoms with Crippen LogP contribution in [0.15, 0.2) is 22.7 Å². The Morgan fingerprint density at radius 2 is 2.05 bits per heavy atom. The lowest BCUT2D eigenvalue weighted by atomic mass is 10.1. The Bertz CT molecular complexity index is 612. The lowest BCUT2D eigenvalue weighted by Gasteiger charge is -2.09. The summed E-state index contributed by atoms with van der Waals surface area (Å²) < 4.78 is 42.7. The predicted octanol–water partition coefficient (Wildman–Crippen LogP) is 1.45. The summed E-state index contributed by atoms with van der Waals surface area (Å²) in [6, 6.07) is 1.90. The van der Waals surface area contributed by atoms with Crippen LogP contribution < -0.4 is 5.73 Å². The van der Waals surface area contributed by atoms with Crippen LogP contribution in [0.25, 0.3) is 11.4 Å². The number of hydrogen-bond donors (Lipinski definition) is 3. The third-order valence-corrected chi connectivity index (χ3v) is 2.52. The second-order valence-electron chi connectivity index (χ2n) is 3.97. The fourth-order valence-electron chi connectivity index (χ4n) is 1.48. The Morgan fingerprint density at radius 3 is 2.65 bits per heavy atom. The maximum Gasteiger partial charge on any atom is 0.419 e. The van der Waals surface area contributed by atoms with E-state index in [1.165, 1.54) is 6.07 Å². The van der Waals surface area contributed by atoms with Crippen molar-refractivity contribution in [2.75, 3.05) is 6.61 Å². The molecule has 2 rings (SSSR count). The van der Waals surface area contributed by atoms with Gasteiger partial charge in [0.15, 0.2) is 0 Å². The van der Waals surface area contributed by atoms with Crippen LogP contribution in [0.3, 0.4) is 0 Å². The van der Waals surface area contributed by atoms with E-state index in [2.05, 4.69) is 10.1 Å². The van der Waals surface area contributed by atoms with Gasteiger partial charge in [0.25, 0.3) is 0 Å². The van der Waals surface area contributed by atoms with Gasteiger partial charge in [0.2, 0.25) is 11.7 Å². The molecule has 0 saturated carbocycles. The zero-order valence-electron chi connectivity index (χ0n) is 9.92. The zero-order chi connectivity index (χ0) is 14.9. The molecule has 0 unspecified atom stereocenters. The van der Waals surface area contributed by atoms with Gasteiger partial charge >= 0.3 is 6.18 Å². The molecule has 6 nitrogen and oxygen atoms in total. The highest BCUT2D eigenvalue weighted by molar-refractivity contribution is 5.58. The first-order valence-corrected chi connectivity index (χ1v) is 5.43. The molecule has 4 N–H and O–H groups in total. The summed E-state index contributed by atoms with van der Waals surface area (Å²) in [7, 11) is 0. The molecule has 0 saturated heterocycles. The van der Waals surface area contributed by atoms with Gasteiger partial charge in [-0.05, 0) is 18.2 Å². The van der Waals surface area contributed by atoms with E-state index in [4.69, 9.17) is 15.4 Å². The molecule has 0 spiro atoms. The van der Waals surface area contributed by atoms with Gasteiger partial charge in [-0.3, -0.25) is 0 Å². The Hall–Kier alpha value is -2.13. The van der Waals surface area contributed by atoms with E-state index in [1.54, 1.807) is 0 Å². The van der Waals surface area contributed by atoms with Gasteiger partial charge in [-0.25, -0.2) is 0 Å². The molecule has 0 fully saturated rings. The van der Waals surface area contributed by atoms with Crippen LogP contribution in [0.4, 0.5) is 13.2 Å². The number of alkyl halides is 3. The van der Waals surface area contributed by atoms with E-state index in [-0.39, 0.29) is 17.3 Å². The minimum Gasteiger partial charge on any atom is -0.507 e. The van der Waals surface area contributed by atoms with E-state index in [0.29, 0.717) is 6.07 Å². The summed E-state index contributed by atoms with van der Waals surface area (Å²) >= 11 is 0. The van der Waals surface area contributed by atoms with Crippen LogP contribution in [-0.4, -0.2) is 27.0 Å². The minimum atomic E-state index is -4.70. The monoisotopic (exact) mass is 289 g/mol. The largest absolute Gasteiger partial charge is 0.507 e. The zero-order valence-corrected chi connectivity index (χ0v) is 9.92. The average molecular weight is 289 g/mol. The van der Waals surface area contributed by atoms with E-state index in [0.717, 1.165) is 6.07 Å². The van der Waals surface area contributed by atoms with Crippen molar-refractivity contribution in [1.82, 2.24) is 10.1 Å². The molecule has 0 amide bonds. The highest BCUT2D eigenvalue weighted by Gasteiger charge is 2.34. The van der Waals surface area contributed by atoms with E-state index < -0.39 is 30.1 Å². The Kier molecular flexibility index (Phi) is 3.64. The van der Waals surface area contributed by atoms with Crippen molar-refractivity contribution in [2.24, 2.45) is 5.73 Å². The number of benzene rings is 1. The third kappa shape index (κ3) is 2.73.